The van der Waals surface area contributed by atoms with Crippen LogP contribution in [0.4, 0.5) is 0 Å². The molecule has 2 atom stereocenters. The third kappa shape index (κ3) is 4.34. The summed E-state index contributed by atoms with van der Waals surface area (Å²) in [6, 6.07) is 0.732. The van der Waals surface area contributed by atoms with E-state index in [1.807, 2.05) is 6.20 Å². The second kappa shape index (κ2) is 7.77. The van der Waals surface area contributed by atoms with Gasteiger partial charge in [-0.2, -0.15) is 0 Å². The van der Waals surface area contributed by atoms with Crippen molar-refractivity contribution >= 4 is 0 Å². The minimum absolute atomic E-state index is 0.373. The van der Waals surface area contributed by atoms with Crippen molar-refractivity contribution in [3.8, 4) is 0 Å². The second-order valence-electron chi connectivity index (χ2n) is 7.26. The van der Waals surface area contributed by atoms with Gasteiger partial charge in [0.2, 0.25) is 0 Å². The van der Waals surface area contributed by atoms with E-state index in [9.17, 15) is 0 Å². The van der Waals surface area contributed by atoms with Crippen LogP contribution in [0.5, 0.6) is 0 Å². The zero-order valence-electron chi connectivity index (χ0n) is 14.9. The van der Waals surface area contributed by atoms with Gasteiger partial charge < -0.3 is 9.30 Å². The Balaban J connectivity index is 1.49. The molecule has 5 heteroatoms. The summed E-state index contributed by atoms with van der Waals surface area (Å²) in [5, 5.41) is 0. The van der Waals surface area contributed by atoms with Crippen LogP contribution in [0, 0.1) is 0 Å². The van der Waals surface area contributed by atoms with Gasteiger partial charge in [0, 0.05) is 51.2 Å². The number of aromatic nitrogens is 2. The zero-order valence-corrected chi connectivity index (χ0v) is 14.9. The summed E-state index contributed by atoms with van der Waals surface area (Å²) in [4.78, 5) is 9.78. The molecule has 0 bridgehead atoms. The van der Waals surface area contributed by atoms with Gasteiger partial charge in [-0.05, 0) is 33.1 Å². The number of ether oxygens (including phenoxy) is 1. The topological polar surface area (TPSA) is 33.5 Å². The molecule has 3 rings (SSSR count). The number of likely N-dealkylation sites (tertiary alicyclic amines) is 1. The van der Waals surface area contributed by atoms with E-state index in [0.717, 1.165) is 32.2 Å². The first-order chi connectivity index (χ1) is 11.2. The molecule has 0 amide bonds. The minimum Gasteiger partial charge on any atom is -0.373 e. The van der Waals surface area contributed by atoms with E-state index < -0.39 is 0 Å². The molecule has 3 heterocycles. The number of aryl methyl sites for hydroxylation is 1. The fourth-order valence-electron chi connectivity index (χ4n) is 4.09. The van der Waals surface area contributed by atoms with Gasteiger partial charge in [-0.15, -0.1) is 0 Å². The van der Waals surface area contributed by atoms with Gasteiger partial charge in [-0.25, -0.2) is 4.98 Å². The Labute approximate surface area is 140 Å². The summed E-state index contributed by atoms with van der Waals surface area (Å²) in [6.07, 6.45) is 8.51. The minimum atomic E-state index is 0.373. The molecular weight excluding hydrogens is 288 g/mol. The monoisotopic (exact) mass is 320 g/mol. The quantitative estimate of drug-likeness (QED) is 0.834. The largest absolute Gasteiger partial charge is 0.373 e. The van der Waals surface area contributed by atoms with Gasteiger partial charge in [-0.3, -0.25) is 9.80 Å². The standard InChI is InChI=1S/C18H32N4O/c1-4-8-21-11-7-19-18(21)14-20-9-5-17(6-10-20)22-12-15(2)23-16(3)13-22/h7,11,15-17H,4-6,8-10,12-14H2,1-3H3/t15-,16+. The average molecular weight is 320 g/mol. The zero-order chi connectivity index (χ0) is 16.2. The predicted molar refractivity (Wildman–Crippen MR) is 92.4 cm³/mol. The molecule has 0 aromatic carbocycles. The van der Waals surface area contributed by atoms with Gasteiger partial charge in [0.05, 0.1) is 18.8 Å². The van der Waals surface area contributed by atoms with Crippen LogP contribution >= 0.6 is 0 Å². The number of hydrogen-bond donors (Lipinski definition) is 0. The number of nitrogens with zero attached hydrogens (tertiary/aromatic N) is 4. The smallest absolute Gasteiger partial charge is 0.122 e. The number of piperidine rings is 1. The van der Waals surface area contributed by atoms with Gasteiger partial charge in [0.25, 0.3) is 0 Å². The highest BCUT2D eigenvalue weighted by Gasteiger charge is 2.30. The highest BCUT2D eigenvalue weighted by Crippen LogP contribution is 2.22. The van der Waals surface area contributed by atoms with Crippen LogP contribution in [0.15, 0.2) is 12.4 Å². The summed E-state index contributed by atoms with van der Waals surface area (Å²) in [5.41, 5.74) is 0. The molecule has 0 unspecified atom stereocenters. The lowest BCUT2D eigenvalue weighted by Crippen LogP contribution is -2.53. The van der Waals surface area contributed by atoms with E-state index in [4.69, 9.17) is 4.74 Å². The molecule has 0 saturated carbocycles. The first kappa shape index (κ1) is 16.9. The maximum absolute atomic E-state index is 5.87. The molecule has 1 aromatic rings. The third-order valence-electron chi connectivity index (χ3n) is 5.15. The number of imidazole rings is 1. The molecule has 0 N–H and O–H groups in total. The molecule has 0 spiro atoms. The Hall–Kier alpha value is -0.910. The van der Waals surface area contributed by atoms with Gasteiger partial charge in [0.1, 0.15) is 5.82 Å². The maximum atomic E-state index is 5.87. The number of hydrogen-bond acceptors (Lipinski definition) is 4. The lowest BCUT2D eigenvalue weighted by molar-refractivity contribution is -0.0866. The molecule has 5 nitrogen and oxygen atoms in total. The van der Waals surface area contributed by atoms with Gasteiger partial charge in [0.15, 0.2) is 0 Å². The van der Waals surface area contributed by atoms with Crippen molar-refractivity contribution in [2.45, 2.75) is 71.4 Å². The fourth-order valence-corrected chi connectivity index (χ4v) is 4.09. The van der Waals surface area contributed by atoms with Gasteiger partial charge in [-0.1, -0.05) is 6.92 Å². The first-order valence-corrected chi connectivity index (χ1v) is 9.27. The summed E-state index contributed by atoms with van der Waals surface area (Å²) in [5.74, 6) is 1.22. The molecule has 130 valence electrons. The van der Waals surface area contributed by atoms with Crippen LogP contribution in [-0.2, 0) is 17.8 Å². The second-order valence-corrected chi connectivity index (χ2v) is 7.26. The van der Waals surface area contributed by atoms with E-state index in [2.05, 4.69) is 46.3 Å². The number of rotatable bonds is 5. The summed E-state index contributed by atoms with van der Waals surface area (Å²) in [6.45, 7) is 13.3. The van der Waals surface area contributed by atoms with E-state index in [0.29, 0.717) is 12.2 Å². The van der Waals surface area contributed by atoms with Crippen LogP contribution < -0.4 is 0 Å². The molecule has 2 fully saturated rings. The van der Waals surface area contributed by atoms with Crippen molar-refractivity contribution < 1.29 is 4.74 Å². The molecule has 1 aromatic heterocycles. The van der Waals surface area contributed by atoms with E-state index >= 15 is 0 Å². The van der Waals surface area contributed by atoms with E-state index in [-0.39, 0.29) is 0 Å². The third-order valence-corrected chi connectivity index (χ3v) is 5.15. The Kier molecular flexibility index (Phi) is 5.72. The molecular formula is C18H32N4O. The van der Waals surface area contributed by atoms with Crippen LogP contribution in [0.25, 0.3) is 0 Å². The first-order valence-electron chi connectivity index (χ1n) is 9.27. The molecule has 2 saturated heterocycles. The SMILES string of the molecule is CCCn1ccnc1CN1CCC(N2C[C@@H](C)O[C@@H](C)C2)CC1. The fraction of sp³-hybridized carbons (Fsp3) is 0.833. The molecule has 0 aliphatic carbocycles. The highest BCUT2D eigenvalue weighted by atomic mass is 16.5. The van der Waals surface area contributed by atoms with Crippen molar-refractivity contribution in [3.05, 3.63) is 18.2 Å². The van der Waals surface area contributed by atoms with Crippen molar-refractivity contribution in [2.24, 2.45) is 0 Å². The highest BCUT2D eigenvalue weighted by molar-refractivity contribution is 4.94. The Morgan fingerprint density at radius 2 is 1.87 bits per heavy atom. The Bertz CT molecular complexity index is 471. The molecule has 23 heavy (non-hydrogen) atoms. The van der Waals surface area contributed by atoms with Crippen LogP contribution in [0.2, 0.25) is 0 Å². The van der Waals surface area contributed by atoms with E-state index in [1.54, 1.807) is 0 Å². The molecule has 0 radical (unpaired) electrons. The van der Waals surface area contributed by atoms with Crippen molar-refractivity contribution in [3.63, 3.8) is 0 Å². The van der Waals surface area contributed by atoms with Crippen LogP contribution in [-0.4, -0.2) is 63.8 Å². The van der Waals surface area contributed by atoms with Gasteiger partial charge >= 0.3 is 0 Å². The lowest BCUT2D eigenvalue weighted by Gasteiger charge is -2.43. The number of morpholine rings is 1. The summed E-state index contributed by atoms with van der Waals surface area (Å²) >= 11 is 0. The molecule has 2 aliphatic rings. The lowest BCUT2D eigenvalue weighted by atomic mass is 10.0. The van der Waals surface area contributed by atoms with Crippen LogP contribution in [0.1, 0.15) is 45.9 Å². The summed E-state index contributed by atoms with van der Waals surface area (Å²) < 4.78 is 8.17. The van der Waals surface area contributed by atoms with E-state index in [1.165, 1.54) is 38.2 Å². The van der Waals surface area contributed by atoms with Crippen LogP contribution in [0.3, 0.4) is 0 Å². The van der Waals surface area contributed by atoms with Crippen molar-refractivity contribution in [1.82, 2.24) is 19.4 Å². The summed E-state index contributed by atoms with van der Waals surface area (Å²) in [7, 11) is 0. The Morgan fingerprint density at radius 3 is 2.52 bits per heavy atom. The predicted octanol–water partition coefficient (Wildman–Crippen LogP) is 2.37. The maximum Gasteiger partial charge on any atom is 0.122 e. The van der Waals surface area contributed by atoms with Crippen molar-refractivity contribution in [1.29, 1.82) is 0 Å². The molecule has 2 aliphatic heterocycles. The van der Waals surface area contributed by atoms with Crippen molar-refractivity contribution in [2.75, 3.05) is 26.2 Å². The normalized spacial score (nSPS) is 28.3. The Morgan fingerprint density at radius 1 is 1.17 bits per heavy atom. The average Bonchev–Trinajstić information content (AvgIpc) is 2.95.